The van der Waals surface area contributed by atoms with E-state index in [1.54, 1.807) is 18.9 Å². The van der Waals surface area contributed by atoms with Crippen molar-refractivity contribution in [2.24, 2.45) is 16.8 Å². The maximum atomic E-state index is 11.9. The summed E-state index contributed by atoms with van der Waals surface area (Å²) in [5, 5.41) is 11.5. The average molecular weight is 227 g/mol. The van der Waals surface area contributed by atoms with Crippen LogP contribution in [0.15, 0.2) is 5.16 Å². The molecule has 16 heavy (non-hydrogen) atoms. The van der Waals surface area contributed by atoms with Crippen LogP contribution in [0.1, 0.15) is 39.0 Å². The Kier molecular flexibility index (Phi) is 4.58. The summed E-state index contributed by atoms with van der Waals surface area (Å²) in [5.74, 6) is 0.669. The van der Waals surface area contributed by atoms with Gasteiger partial charge in [-0.25, -0.2) is 0 Å². The van der Waals surface area contributed by atoms with Gasteiger partial charge in [0.25, 0.3) is 0 Å². The second-order valence-electron chi connectivity index (χ2n) is 4.56. The summed E-state index contributed by atoms with van der Waals surface area (Å²) in [6, 6.07) is -0.348. The van der Waals surface area contributed by atoms with Gasteiger partial charge in [-0.3, -0.25) is 4.79 Å². The monoisotopic (exact) mass is 227 g/mol. The second kappa shape index (κ2) is 5.72. The number of hydrogen-bond donors (Lipinski definition) is 2. The Morgan fingerprint density at radius 3 is 2.62 bits per heavy atom. The molecule has 5 nitrogen and oxygen atoms in total. The van der Waals surface area contributed by atoms with Crippen LogP contribution in [0.25, 0.3) is 0 Å². The van der Waals surface area contributed by atoms with E-state index in [0.29, 0.717) is 12.3 Å². The number of oxime groups is 1. The third kappa shape index (κ3) is 3.12. The molecule has 92 valence electrons. The Morgan fingerprint density at radius 1 is 1.56 bits per heavy atom. The molecule has 0 spiro atoms. The third-order valence-corrected chi connectivity index (χ3v) is 3.46. The number of likely N-dealkylation sites (N-methyl/N-ethyl adjacent to an activating group) is 1. The first-order valence-corrected chi connectivity index (χ1v) is 5.79. The van der Waals surface area contributed by atoms with Crippen LogP contribution in [0.4, 0.5) is 0 Å². The zero-order valence-corrected chi connectivity index (χ0v) is 10.0. The molecule has 1 fully saturated rings. The fourth-order valence-electron chi connectivity index (χ4n) is 2.10. The van der Waals surface area contributed by atoms with E-state index >= 15 is 0 Å². The van der Waals surface area contributed by atoms with E-state index < -0.39 is 0 Å². The van der Waals surface area contributed by atoms with Crippen molar-refractivity contribution >= 4 is 11.7 Å². The molecular formula is C11H21N3O2. The number of rotatable bonds is 4. The molecule has 5 heteroatoms. The molecule has 0 aliphatic heterocycles. The van der Waals surface area contributed by atoms with Gasteiger partial charge in [0.2, 0.25) is 5.91 Å². The lowest BCUT2D eigenvalue weighted by Crippen LogP contribution is -2.44. The van der Waals surface area contributed by atoms with E-state index in [2.05, 4.69) is 5.16 Å². The molecule has 1 saturated carbocycles. The van der Waals surface area contributed by atoms with Crippen LogP contribution in [-0.2, 0) is 4.79 Å². The molecule has 1 aliphatic rings. The zero-order valence-electron chi connectivity index (χ0n) is 10.0. The van der Waals surface area contributed by atoms with Crippen molar-refractivity contribution in [3.8, 4) is 0 Å². The highest BCUT2D eigenvalue weighted by Gasteiger charge is 2.24. The van der Waals surface area contributed by atoms with Crippen molar-refractivity contribution in [1.29, 1.82) is 0 Å². The fourth-order valence-corrected chi connectivity index (χ4v) is 2.10. The summed E-state index contributed by atoms with van der Waals surface area (Å²) in [5.41, 5.74) is 5.47. The molecular weight excluding hydrogens is 206 g/mol. The molecule has 1 unspecified atom stereocenters. The number of amidine groups is 1. The Bertz CT molecular complexity index is 272. The van der Waals surface area contributed by atoms with Crippen molar-refractivity contribution in [3.05, 3.63) is 0 Å². The van der Waals surface area contributed by atoms with Gasteiger partial charge in [-0.15, -0.1) is 0 Å². The Balaban J connectivity index is 2.46. The lowest BCUT2D eigenvalue weighted by atomic mass is 10.0. The standard InChI is InChI=1S/C11H21N3O2/c1-8(11(12)13-16)14(2)10(15)7-9-5-3-4-6-9/h8-9,16H,3-7H2,1-2H3,(H2,12,13). The van der Waals surface area contributed by atoms with Gasteiger partial charge in [-0.05, 0) is 25.7 Å². The van der Waals surface area contributed by atoms with Crippen molar-refractivity contribution in [3.63, 3.8) is 0 Å². The summed E-state index contributed by atoms with van der Waals surface area (Å²) < 4.78 is 0. The summed E-state index contributed by atoms with van der Waals surface area (Å²) in [7, 11) is 1.69. The number of nitrogens with zero attached hydrogens (tertiary/aromatic N) is 2. The van der Waals surface area contributed by atoms with Crippen molar-refractivity contribution in [2.75, 3.05) is 7.05 Å². The van der Waals surface area contributed by atoms with E-state index in [-0.39, 0.29) is 17.8 Å². The zero-order chi connectivity index (χ0) is 12.1. The third-order valence-electron chi connectivity index (χ3n) is 3.46. The molecule has 0 aromatic heterocycles. The van der Waals surface area contributed by atoms with E-state index in [1.165, 1.54) is 12.8 Å². The smallest absolute Gasteiger partial charge is 0.223 e. The van der Waals surface area contributed by atoms with E-state index in [1.807, 2.05) is 0 Å². The number of nitrogens with two attached hydrogens (primary N) is 1. The highest BCUT2D eigenvalue weighted by Crippen LogP contribution is 2.28. The van der Waals surface area contributed by atoms with E-state index in [0.717, 1.165) is 12.8 Å². The SMILES string of the molecule is CC(C(N)=NO)N(C)C(=O)CC1CCCC1. The molecule has 0 saturated heterocycles. The van der Waals surface area contributed by atoms with Gasteiger partial charge in [0.1, 0.15) is 0 Å². The minimum absolute atomic E-state index is 0.0715. The summed E-state index contributed by atoms with van der Waals surface area (Å²) in [4.78, 5) is 13.4. The number of carbonyl (C=O) groups excluding carboxylic acids is 1. The first-order chi connectivity index (χ1) is 7.56. The van der Waals surface area contributed by atoms with Crippen molar-refractivity contribution in [2.45, 2.75) is 45.1 Å². The molecule has 0 radical (unpaired) electrons. The van der Waals surface area contributed by atoms with Crippen LogP contribution in [0.3, 0.4) is 0 Å². The van der Waals surface area contributed by atoms with Gasteiger partial charge in [-0.2, -0.15) is 0 Å². The van der Waals surface area contributed by atoms with Gasteiger partial charge in [-0.1, -0.05) is 18.0 Å². The predicted molar refractivity (Wildman–Crippen MR) is 62.2 cm³/mol. The van der Waals surface area contributed by atoms with Crippen LogP contribution in [0.5, 0.6) is 0 Å². The number of carbonyl (C=O) groups is 1. The normalized spacial score (nSPS) is 19.8. The summed E-state index contributed by atoms with van der Waals surface area (Å²) in [6.45, 7) is 1.75. The van der Waals surface area contributed by atoms with Crippen LogP contribution < -0.4 is 5.73 Å². The lowest BCUT2D eigenvalue weighted by Gasteiger charge is -2.25. The van der Waals surface area contributed by atoms with Crippen LogP contribution in [-0.4, -0.2) is 34.9 Å². The molecule has 0 bridgehead atoms. The second-order valence-corrected chi connectivity index (χ2v) is 4.56. The Labute approximate surface area is 96.3 Å². The maximum Gasteiger partial charge on any atom is 0.223 e. The number of hydrogen-bond acceptors (Lipinski definition) is 3. The highest BCUT2D eigenvalue weighted by molar-refractivity contribution is 5.89. The molecule has 0 aromatic carbocycles. The highest BCUT2D eigenvalue weighted by atomic mass is 16.4. The minimum Gasteiger partial charge on any atom is -0.409 e. The molecule has 3 N–H and O–H groups in total. The van der Waals surface area contributed by atoms with Crippen molar-refractivity contribution in [1.82, 2.24) is 4.90 Å². The molecule has 1 atom stereocenters. The summed E-state index contributed by atoms with van der Waals surface area (Å²) >= 11 is 0. The molecule has 0 aromatic rings. The van der Waals surface area contributed by atoms with E-state index in [9.17, 15) is 4.79 Å². The van der Waals surface area contributed by atoms with Gasteiger partial charge < -0.3 is 15.8 Å². The van der Waals surface area contributed by atoms with Crippen molar-refractivity contribution < 1.29 is 10.0 Å². The number of amides is 1. The minimum atomic E-state index is -0.348. The van der Waals surface area contributed by atoms with Gasteiger partial charge in [0.15, 0.2) is 5.84 Å². The molecule has 1 aliphatic carbocycles. The Morgan fingerprint density at radius 2 is 2.12 bits per heavy atom. The molecule has 1 amide bonds. The lowest BCUT2D eigenvalue weighted by molar-refractivity contribution is -0.131. The average Bonchev–Trinajstić information content (AvgIpc) is 2.78. The quantitative estimate of drug-likeness (QED) is 0.327. The largest absolute Gasteiger partial charge is 0.409 e. The van der Waals surface area contributed by atoms with Gasteiger partial charge >= 0.3 is 0 Å². The molecule has 1 rings (SSSR count). The summed E-state index contributed by atoms with van der Waals surface area (Å²) in [6.07, 6.45) is 5.35. The topological polar surface area (TPSA) is 78.9 Å². The Hall–Kier alpha value is -1.26. The van der Waals surface area contributed by atoms with Crippen LogP contribution in [0, 0.1) is 5.92 Å². The van der Waals surface area contributed by atoms with Gasteiger partial charge in [0, 0.05) is 13.5 Å². The molecule has 0 heterocycles. The van der Waals surface area contributed by atoms with Crippen LogP contribution in [0.2, 0.25) is 0 Å². The maximum absolute atomic E-state index is 11.9. The fraction of sp³-hybridized carbons (Fsp3) is 0.818. The first kappa shape index (κ1) is 12.8. The van der Waals surface area contributed by atoms with E-state index in [4.69, 9.17) is 10.9 Å². The first-order valence-electron chi connectivity index (χ1n) is 5.79. The predicted octanol–water partition coefficient (Wildman–Crippen LogP) is 1.16. The van der Waals surface area contributed by atoms with Crippen LogP contribution >= 0.6 is 0 Å². The van der Waals surface area contributed by atoms with Gasteiger partial charge in [0.05, 0.1) is 6.04 Å².